The summed E-state index contributed by atoms with van der Waals surface area (Å²) in [6.45, 7) is 0.881. The van der Waals surface area contributed by atoms with Gasteiger partial charge in [-0.3, -0.25) is 0 Å². The zero-order valence-electron chi connectivity index (χ0n) is 10.1. The number of nitrogens with zero attached hydrogens (tertiary/aromatic N) is 1. The molecule has 0 saturated heterocycles. The van der Waals surface area contributed by atoms with Crippen molar-refractivity contribution in [3.05, 3.63) is 52.0 Å². The van der Waals surface area contributed by atoms with Gasteiger partial charge in [0.25, 0.3) is 0 Å². The fourth-order valence-electron chi connectivity index (χ4n) is 1.41. The van der Waals surface area contributed by atoms with Crippen LogP contribution in [0.15, 0.2) is 35.7 Å². The monoisotopic (exact) mass is 279 g/mol. The van der Waals surface area contributed by atoms with E-state index in [1.165, 1.54) is 0 Å². The zero-order valence-corrected chi connectivity index (χ0v) is 10.9. The van der Waals surface area contributed by atoms with Crippen LogP contribution in [0, 0.1) is 0 Å². The second-order valence-corrected chi connectivity index (χ2v) is 4.61. The lowest BCUT2D eigenvalue weighted by atomic mass is 10.2. The van der Waals surface area contributed by atoms with Gasteiger partial charge in [0, 0.05) is 5.38 Å². The Hall–Kier alpha value is -1.76. The quantitative estimate of drug-likeness (QED) is 0.623. The Balaban J connectivity index is 1.65. The van der Waals surface area contributed by atoms with Crippen molar-refractivity contribution in [3.8, 4) is 0 Å². The lowest BCUT2D eigenvalue weighted by Gasteiger charge is -2.04. The van der Waals surface area contributed by atoms with Crippen LogP contribution in [-0.4, -0.2) is 22.9 Å². The average molecular weight is 279 g/mol. The highest BCUT2D eigenvalue weighted by molar-refractivity contribution is 7.11. The van der Waals surface area contributed by atoms with E-state index in [1.54, 1.807) is 5.38 Å². The third-order valence-corrected chi connectivity index (χ3v) is 3.14. The smallest absolute Gasteiger partial charge is 0.365 e. The molecule has 2 rings (SSSR count). The van der Waals surface area contributed by atoms with Gasteiger partial charge < -0.3 is 14.6 Å². The van der Waals surface area contributed by atoms with Gasteiger partial charge in [0.05, 0.1) is 18.9 Å². The van der Waals surface area contributed by atoms with E-state index in [-0.39, 0.29) is 18.4 Å². The minimum absolute atomic E-state index is 0.0730. The van der Waals surface area contributed by atoms with Crippen LogP contribution in [0.1, 0.15) is 21.1 Å². The Morgan fingerprint density at radius 1 is 1.21 bits per heavy atom. The molecule has 0 unspecified atom stereocenters. The highest BCUT2D eigenvalue weighted by atomic mass is 32.1. The Morgan fingerprint density at radius 3 is 2.63 bits per heavy atom. The summed E-state index contributed by atoms with van der Waals surface area (Å²) in [6, 6.07) is 9.78. The van der Waals surface area contributed by atoms with Crippen molar-refractivity contribution in [2.45, 2.75) is 13.2 Å². The Bertz CT molecular complexity index is 526. The first-order valence-electron chi connectivity index (χ1n) is 5.63. The van der Waals surface area contributed by atoms with Crippen molar-refractivity contribution in [2.24, 2.45) is 0 Å². The number of benzene rings is 1. The lowest BCUT2D eigenvalue weighted by Crippen LogP contribution is -2.02. The van der Waals surface area contributed by atoms with Gasteiger partial charge >= 0.3 is 5.97 Å². The molecule has 19 heavy (non-hydrogen) atoms. The van der Waals surface area contributed by atoms with Crippen LogP contribution >= 0.6 is 11.3 Å². The number of carboxylic acid groups (broad SMARTS) is 1. The minimum atomic E-state index is -1.02. The molecule has 1 N–H and O–H groups in total. The molecule has 5 nitrogen and oxygen atoms in total. The van der Waals surface area contributed by atoms with Crippen molar-refractivity contribution in [1.82, 2.24) is 4.98 Å². The van der Waals surface area contributed by atoms with E-state index in [2.05, 4.69) is 4.98 Å². The largest absolute Gasteiger partial charge is 0.476 e. The summed E-state index contributed by atoms with van der Waals surface area (Å²) >= 11 is 1.09. The second kappa shape index (κ2) is 6.98. The van der Waals surface area contributed by atoms with Gasteiger partial charge in [-0.25, -0.2) is 9.78 Å². The average Bonchev–Trinajstić information content (AvgIpc) is 2.89. The second-order valence-electron chi connectivity index (χ2n) is 3.75. The van der Waals surface area contributed by atoms with Crippen molar-refractivity contribution >= 4 is 17.3 Å². The molecule has 0 amide bonds. The van der Waals surface area contributed by atoms with Crippen LogP contribution in [0.4, 0.5) is 0 Å². The SMILES string of the molecule is O=C(O)c1nc(COCOCc2ccccc2)cs1. The maximum atomic E-state index is 10.6. The number of thiazole rings is 1. The van der Waals surface area contributed by atoms with Crippen LogP contribution in [0.3, 0.4) is 0 Å². The lowest BCUT2D eigenvalue weighted by molar-refractivity contribution is -0.0696. The minimum Gasteiger partial charge on any atom is -0.476 e. The van der Waals surface area contributed by atoms with Gasteiger partial charge in [0.1, 0.15) is 6.79 Å². The van der Waals surface area contributed by atoms with Gasteiger partial charge in [-0.2, -0.15) is 0 Å². The zero-order chi connectivity index (χ0) is 13.5. The summed E-state index contributed by atoms with van der Waals surface area (Å²) in [4.78, 5) is 14.5. The van der Waals surface area contributed by atoms with Crippen LogP contribution < -0.4 is 0 Å². The normalized spacial score (nSPS) is 10.5. The van der Waals surface area contributed by atoms with Gasteiger partial charge in [-0.15, -0.1) is 11.3 Å². The molecule has 0 aliphatic rings. The molecule has 0 radical (unpaired) electrons. The van der Waals surface area contributed by atoms with E-state index >= 15 is 0 Å². The van der Waals surface area contributed by atoms with Crippen LogP contribution in [0.5, 0.6) is 0 Å². The number of ether oxygens (including phenoxy) is 2. The molecule has 2 aromatic rings. The summed E-state index contributed by atoms with van der Waals surface area (Å²) < 4.78 is 10.6. The van der Waals surface area contributed by atoms with E-state index in [0.717, 1.165) is 16.9 Å². The number of aromatic carboxylic acids is 1. The van der Waals surface area contributed by atoms with Crippen molar-refractivity contribution in [2.75, 3.05) is 6.79 Å². The molecule has 1 aromatic heterocycles. The van der Waals surface area contributed by atoms with Crippen molar-refractivity contribution in [1.29, 1.82) is 0 Å². The molecule has 0 bridgehead atoms. The maximum Gasteiger partial charge on any atom is 0.365 e. The summed E-state index contributed by atoms with van der Waals surface area (Å²) in [7, 11) is 0. The van der Waals surface area contributed by atoms with E-state index in [0.29, 0.717) is 12.3 Å². The van der Waals surface area contributed by atoms with Crippen LogP contribution in [0.2, 0.25) is 0 Å². The number of hydrogen-bond donors (Lipinski definition) is 1. The van der Waals surface area contributed by atoms with Crippen LogP contribution in [-0.2, 0) is 22.7 Å². The van der Waals surface area contributed by atoms with Crippen LogP contribution in [0.25, 0.3) is 0 Å². The summed E-state index contributed by atoms with van der Waals surface area (Å²) in [5.41, 5.74) is 1.68. The number of hydrogen-bond acceptors (Lipinski definition) is 5. The first-order chi connectivity index (χ1) is 9.25. The first kappa shape index (κ1) is 13.7. The first-order valence-corrected chi connectivity index (χ1v) is 6.51. The molecule has 0 atom stereocenters. The standard InChI is InChI=1S/C13H13NO4S/c15-13(16)12-14-11(8-19-12)7-18-9-17-6-10-4-2-1-3-5-10/h1-5,8H,6-7,9H2,(H,15,16). The number of rotatable bonds is 7. The predicted octanol–water partition coefficient (Wildman–Crippen LogP) is 2.53. The van der Waals surface area contributed by atoms with Crippen molar-refractivity contribution < 1.29 is 19.4 Å². The fourth-order valence-corrected chi connectivity index (χ4v) is 2.05. The third kappa shape index (κ3) is 4.44. The highest BCUT2D eigenvalue weighted by Gasteiger charge is 2.08. The van der Waals surface area contributed by atoms with E-state index in [1.807, 2.05) is 30.3 Å². The maximum absolute atomic E-state index is 10.6. The molecule has 0 aliphatic heterocycles. The summed E-state index contributed by atoms with van der Waals surface area (Å²) in [5.74, 6) is -1.02. The Labute approximate surface area is 114 Å². The Kier molecular flexibility index (Phi) is 5.02. The molecular formula is C13H13NO4S. The molecule has 1 aromatic carbocycles. The fraction of sp³-hybridized carbons (Fsp3) is 0.231. The van der Waals surface area contributed by atoms with E-state index < -0.39 is 5.97 Å². The molecular weight excluding hydrogens is 266 g/mol. The summed E-state index contributed by atoms with van der Waals surface area (Å²) in [6.07, 6.45) is 0. The molecule has 0 aliphatic carbocycles. The molecule has 1 heterocycles. The van der Waals surface area contributed by atoms with Gasteiger partial charge in [-0.05, 0) is 5.56 Å². The van der Waals surface area contributed by atoms with E-state index in [9.17, 15) is 4.79 Å². The van der Waals surface area contributed by atoms with Gasteiger partial charge in [0.15, 0.2) is 0 Å². The number of aromatic nitrogens is 1. The third-order valence-electron chi connectivity index (χ3n) is 2.26. The van der Waals surface area contributed by atoms with E-state index in [4.69, 9.17) is 14.6 Å². The predicted molar refractivity (Wildman–Crippen MR) is 70.0 cm³/mol. The van der Waals surface area contributed by atoms with Gasteiger partial charge in [-0.1, -0.05) is 30.3 Å². The van der Waals surface area contributed by atoms with Crippen molar-refractivity contribution in [3.63, 3.8) is 0 Å². The molecule has 0 fully saturated rings. The molecule has 0 saturated carbocycles. The molecule has 0 spiro atoms. The summed E-state index contributed by atoms with van der Waals surface area (Å²) in [5, 5.41) is 10.5. The molecule has 100 valence electrons. The molecule has 6 heteroatoms. The highest BCUT2D eigenvalue weighted by Crippen LogP contribution is 2.10. The Morgan fingerprint density at radius 2 is 1.95 bits per heavy atom. The number of carbonyl (C=O) groups is 1. The van der Waals surface area contributed by atoms with Gasteiger partial charge in [0.2, 0.25) is 5.01 Å². The topological polar surface area (TPSA) is 68.7 Å². The number of carboxylic acids is 1.